The fourth-order valence-corrected chi connectivity index (χ4v) is 3.97. The predicted octanol–water partition coefficient (Wildman–Crippen LogP) is 3.23. The summed E-state index contributed by atoms with van der Waals surface area (Å²) in [4.78, 5) is 21.4. The summed E-state index contributed by atoms with van der Waals surface area (Å²) in [7, 11) is 2.04. The van der Waals surface area contributed by atoms with Gasteiger partial charge in [-0.25, -0.2) is 4.98 Å². The zero-order valence-corrected chi connectivity index (χ0v) is 16.2. The lowest BCUT2D eigenvalue weighted by atomic mass is 10.1. The van der Waals surface area contributed by atoms with Gasteiger partial charge >= 0.3 is 0 Å². The number of rotatable bonds is 4. The van der Waals surface area contributed by atoms with Crippen molar-refractivity contribution in [3.63, 3.8) is 0 Å². The van der Waals surface area contributed by atoms with Crippen LogP contribution in [0.15, 0.2) is 48.8 Å². The van der Waals surface area contributed by atoms with Gasteiger partial charge in [-0.2, -0.15) is 0 Å². The molecule has 0 saturated carbocycles. The second-order valence-corrected chi connectivity index (χ2v) is 7.41. The maximum atomic E-state index is 12.7. The van der Waals surface area contributed by atoms with Gasteiger partial charge in [0.15, 0.2) is 0 Å². The lowest BCUT2D eigenvalue weighted by molar-refractivity contribution is 0.0639. The highest BCUT2D eigenvalue weighted by Crippen LogP contribution is 2.20. The Morgan fingerprint density at radius 1 is 1.11 bits per heavy atom. The molecule has 0 bridgehead atoms. The number of hydrogen-bond acceptors (Lipinski definition) is 3. The molecule has 4 rings (SSSR count). The highest BCUT2D eigenvalue weighted by molar-refractivity contribution is 6.33. The first-order valence-electron chi connectivity index (χ1n) is 9.28. The second-order valence-electron chi connectivity index (χ2n) is 7.00. The number of halogens is 1. The van der Waals surface area contributed by atoms with Gasteiger partial charge in [0, 0.05) is 57.6 Å². The third kappa shape index (κ3) is 3.70. The molecular formula is C21H23ClN4O. The van der Waals surface area contributed by atoms with Crippen molar-refractivity contribution in [1.82, 2.24) is 19.4 Å². The lowest BCUT2D eigenvalue weighted by Gasteiger charge is -2.34. The fraction of sp³-hybridized carbons (Fsp3) is 0.333. The average Bonchev–Trinajstić information content (AvgIpc) is 3.03. The van der Waals surface area contributed by atoms with Crippen LogP contribution in [-0.2, 0) is 13.5 Å². The Kier molecular flexibility index (Phi) is 5.14. The van der Waals surface area contributed by atoms with E-state index in [1.54, 1.807) is 12.1 Å². The number of carbonyl (C=O) groups excluding carboxylic acids is 1. The Morgan fingerprint density at radius 3 is 2.67 bits per heavy atom. The summed E-state index contributed by atoms with van der Waals surface area (Å²) in [6, 6.07) is 11.4. The van der Waals surface area contributed by atoms with Gasteiger partial charge in [0.1, 0.15) is 5.65 Å². The third-order valence-corrected chi connectivity index (χ3v) is 5.61. The van der Waals surface area contributed by atoms with Gasteiger partial charge in [-0.1, -0.05) is 23.7 Å². The number of fused-ring (bicyclic) bond motifs is 1. The molecular weight excluding hydrogens is 360 g/mol. The van der Waals surface area contributed by atoms with Crippen molar-refractivity contribution in [1.29, 1.82) is 0 Å². The van der Waals surface area contributed by atoms with Crippen molar-refractivity contribution >= 4 is 28.5 Å². The predicted molar refractivity (Wildman–Crippen MR) is 108 cm³/mol. The van der Waals surface area contributed by atoms with Gasteiger partial charge in [0.05, 0.1) is 10.6 Å². The van der Waals surface area contributed by atoms with Crippen molar-refractivity contribution in [3.8, 4) is 0 Å². The minimum absolute atomic E-state index is 0.0281. The van der Waals surface area contributed by atoms with Crippen molar-refractivity contribution in [2.75, 3.05) is 32.7 Å². The molecule has 0 aliphatic carbocycles. The Hall–Kier alpha value is -2.37. The molecule has 1 aromatic carbocycles. The molecule has 1 amide bonds. The first-order valence-corrected chi connectivity index (χ1v) is 9.66. The molecule has 140 valence electrons. The highest BCUT2D eigenvalue weighted by atomic mass is 35.5. The number of piperazine rings is 1. The molecule has 0 unspecified atom stereocenters. The van der Waals surface area contributed by atoms with E-state index in [0.717, 1.165) is 44.8 Å². The van der Waals surface area contributed by atoms with E-state index in [2.05, 4.69) is 26.7 Å². The molecule has 1 aliphatic heterocycles. The van der Waals surface area contributed by atoms with Gasteiger partial charge in [-0.3, -0.25) is 9.69 Å². The van der Waals surface area contributed by atoms with E-state index >= 15 is 0 Å². The molecule has 0 radical (unpaired) electrons. The van der Waals surface area contributed by atoms with Crippen LogP contribution in [0.5, 0.6) is 0 Å². The molecule has 3 aromatic rings. The van der Waals surface area contributed by atoms with Crippen LogP contribution in [0.2, 0.25) is 5.02 Å². The van der Waals surface area contributed by atoms with E-state index in [9.17, 15) is 4.79 Å². The van der Waals surface area contributed by atoms with Crippen LogP contribution in [0.3, 0.4) is 0 Å². The lowest BCUT2D eigenvalue weighted by Crippen LogP contribution is -2.49. The van der Waals surface area contributed by atoms with E-state index in [-0.39, 0.29) is 5.91 Å². The summed E-state index contributed by atoms with van der Waals surface area (Å²) in [5, 5.41) is 1.75. The number of carbonyl (C=O) groups is 1. The number of benzene rings is 1. The summed E-state index contributed by atoms with van der Waals surface area (Å²) in [5.41, 5.74) is 2.95. The van der Waals surface area contributed by atoms with Crippen LogP contribution in [0.4, 0.5) is 0 Å². The number of pyridine rings is 1. The Balaban J connectivity index is 1.34. The second kappa shape index (κ2) is 7.71. The fourth-order valence-electron chi connectivity index (χ4n) is 3.75. The smallest absolute Gasteiger partial charge is 0.255 e. The maximum absolute atomic E-state index is 12.7. The van der Waals surface area contributed by atoms with Crippen molar-refractivity contribution in [3.05, 3.63) is 64.9 Å². The molecule has 27 heavy (non-hydrogen) atoms. The van der Waals surface area contributed by atoms with Crippen LogP contribution in [0.1, 0.15) is 15.9 Å². The quantitative estimate of drug-likeness (QED) is 0.695. The minimum atomic E-state index is 0.0281. The number of hydrogen-bond donors (Lipinski definition) is 0. The standard InChI is InChI=1S/C21H23ClN4O/c1-24-15-16(17-6-4-9-23-20(17)24)8-10-25-11-13-26(14-12-25)21(27)18-5-2-3-7-19(18)22/h2-7,9,15H,8,10-14H2,1H3. The van der Waals surface area contributed by atoms with Gasteiger partial charge < -0.3 is 9.47 Å². The number of amides is 1. The summed E-state index contributed by atoms with van der Waals surface area (Å²) in [6.07, 6.45) is 5.00. The summed E-state index contributed by atoms with van der Waals surface area (Å²) in [6.45, 7) is 4.24. The SMILES string of the molecule is Cn1cc(CCN2CCN(C(=O)c3ccccc3Cl)CC2)c2cccnc21. The molecule has 3 heterocycles. The first kappa shape index (κ1) is 18.0. The van der Waals surface area contributed by atoms with Gasteiger partial charge in [-0.15, -0.1) is 0 Å². The van der Waals surface area contributed by atoms with E-state index in [1.165, 1.54) is 10.9 Å². The van der Waals surface area contributed by atoms with Gasteiger partial charge in [0.25, 0.3) is 5.91 Å². The van der Waals surface area contributed by atoms with Crippen molar-refractivity contribution in [2.24, 2.45) is 7.05 Å². The largest absolute Gasteiger partial charge is 0.336 e. The zero-order valence-electron chi connectivity index (χ0n) is 15.4. The molecule has 5 nitrogen and oxygen atoms in total. The zero-order chi connectivity index (χ0) is 18.8. The van der Waals surface area contributed by atoms with E-state index < -0.39 is 0 Å². The minimum Gasteiger partial charge on any atom is -0.336 e. The highest BCUT2D eigenvalue weighted by Gasteiger charge is 2.23. The molecule has 0 spiro atoms. The molecule has 1 aliphatic rings. The van der Waals surface area contributed by atoms with E-state index in [1.807, 2.05) is 36.3 Å². The summed E-state index contributed by atoms with van der Waals surface area (Å²) in [5.74, 6) is 0.0281. The molecule has 0 N–H and O–H groups in total. The van der Waals surface area contributed by atoms with Crippen LogP contribution >= 0.6 is 11.6 Å². The number of aromatic nitrogens is 2. The molecule has 1 fully saturated rings. The Bertz CT molecular complexity index is 960. The van der Waals surface area contributed by atoms with Crippen LogP contribution < -0.4 is 0 Å². The molecule has 6 heteroatoms. The summed E-state index contributed by atoms with van der Waals surface area (Å²) < 4.78 is 2.09. The van der Waals surface area contributed by atoms with Crippen LogP contribution in [-0.4, -0.2) is 58.0 Å². The Morgan fingerprint density at radius 2 is 1.89 bits per heavy atom. The number of nitrogens with zero attached hydrogens (tertiary/aromatic N) is 4. The Labute approximate surface area is 164 Å². The van der Waals surface area contributed by atoms with E-state index in [4.69, 9.17) is 11.6 Å². The van der Waals surface area contributed by atoms with Crippen LogP contribution in [0, 0.1) is 0 Å². The summed E-state index contributed by atoms with van der Waals surface area (Å²) >= 11 is 6.17. The van der Waals surface area contributed by atoms with Crippen molar-refractivity contribution in [2.45, 2.75) is 6.42 Å². The first-order chi connectivity index (χ1) is 13.1. The maximum Gasteiger partial charge on any atom is 0.255 e. The normalized spacial score (nSPS) is 15.4. The van der Waals surface area contributed by atoms with Gasteiger partial charge in [0.2, 0.25) is 0 Å². The van der Waals surface area contributed by atoms with Crippen molar-refractivity contribution < 1.29 is 4.79 Å². The average molecular weight is 383 g/mol. The molecule has 1 saturated heterocycles. The topological polar surface area (TPSA) is 41.4 Å². The third-order valence-electron chi connectivity index (χ3n) is 5.28. The van der Waals surface area contributed by atoms with Gasteiger partial charge in [-0.05, 0) is 36.2 Å². The monoisotopic (exact) mass is 382 g/mol. The molecule has 0 atom stereocenters. The number of aryl methyl sites for hydroxylation is 1. The van der Waals surface area contributed by atoms with Crippen LogP contribution in [0.25, 0.3) is 11.0 Å². The molecule has 2 aromatic heterocycles. The van der Waals surface area contributed by atoms with E-state index in [0.29, 0.717) is 10.6 Å².